The summed E-state index contributed by atoms with van der Waals surface area (Å²) in [5, 5.41) is 15.2. The third kappa shape index (κ3) is 2.08. The number of fused-ring (bicyclic) bond motifs is 1. The van der Waals surface area contributed by atoms with Crippen LogP contribution in [0.5, 0.6) is 0 Å². The Bertz CT molecular complexity index is 777. The average molecular weight is 275 g/mol. The Labute approximate surface area is 121 Å². The highest BCUT2D eigenvalue weighted by Crippen LogP contribution is 2.31. The lowest BCUT2D eigenvalue weighted by molar-refractivity contribution is 0.586. The Kier molecular flexibility index (Phi) is 2.74. The highest BCUT2D eigenvalue weighted by Gasteiger charge is 2.23. The second-order valence-electron chi connectivity index (χ2n) is 4.87. The molecule has 0 saturated carbocycles. The number of aromatic nitrogens is 4. The number of hydrogen-bond acceptors (Lipinski definition) is 4. The van der Waals surface area contributed by atoms with E-state index in [9.17, 15) is 0 Å². The molecule has 5 nitrogen and oxygen atoms in total. The van der Waals surface area contributed by atoms with Gasteiger partial charge in [0.1, 0.15) is 6.04 Å². The SMILES string of the molecule is C1=C(c2ccccc2)Nc2nnnn2[C@H]1c1ccccc1. The van der Waals surface area contributed by atoms with Crippen molar-refractivity contribution in [3.05, 3.63) is 77.9 Å². The van der Waals surface area contributed by atoms with Crippen LogP contribution in [0.3, 0.4) is 0 Å². The summed E-state index contributed by atoms with van der Waals surface area (Å²) < 4.78 is 1.79. The van der Waals surface area contributed by atoms with Crippen molar-refractivity contribution in [1.29, 1.82) is 0 Å². The molecule has 0 aliphatic carbocycles. The lowest BCUT2D eigenvalue weighted by atomic mass is 10.0. The number of nitrogens with zero attached hydrogens (tertiary/aromatic N) is 4. The third-order valence-corrected chi connectivity index (χ3v) is 3.55. The summed E-state index contributed by atoms with van der Waals surface area (Å²) in [6.07, 6.45) is 2.15. The van der Waals surface area contributed by atoms with E-state index in [0.717, 1.165) is 16.8 Å². The minimum absolute atomic E-state index is 0.00680. The summed E-state index contributed by atoms with van der Waals surface area (Å²) >= 11 is 0. The number of nitrogens with one attached hydrogen (secondary N) is 1. The van der Waals surface area contributed by atoms with Gasteiger partial charge in [-0.05, 0) is 27.6 Å². The van der Waals surface area contributed by atoms with E-state index in [1.807, 2.05) is 36.4 Å². The molecule has 0 unspecified atom stereocenters. The number of allylic oxidation sites excluding steroid dienone is 1. The van der Waals surface area contributed by atoms with Crippen molar-refractivity contribution in [3.63, 3.8) is 0 Å². The Morgan fingerprint density at radius 3 is 2.38 bits per heavy atom. The number of anilines is 1. The van der Waals surface area contributed by atoms with Gasteiger partial charge in [0.15, 0.2) is 0 Å². The van der Waals surface area contributed by atoms with Crippen LogP contribution in [0.2, 0.25) is 0 Å². The van der Waals surface area contributed by atoms with Gasteiger partial charge in [-0.15, -0.1) is 0 Å². The molecule has 21 heavy (non-hydrogen) atoms. The van der Waals surface area contributed by atoms with Gasteiger partial charge < -0.3 is 5.32 Å². The molecular weight excluding hydrogens is 262 g/mol. The monoisotopic (exact) mass is 275 g/mol. The van der Waals surface area contributed by atoms with E-state index in [0.29, 0.717) is 5.95 Å². The largest absolute Gasteiger partial charge is 0.323 e. The summed E-state index contributed by atoms with van der Waals surface area (Å²) in [4.78, 5) is 0. The molecule has 1 aliphatic rings. The van der Waals surface area contributed by atoms with Crippen LogP contribution in [0.4, 0.5) is 5.95 Å². The first-order valence-electron chi connectivity index (χ1n) is 6.79. The van der Waals surface area contributed by atoms with E-state index in [4.69, 9.17) is 0 Å². The molecule has 0 radical (unpaired) electrons. The number of tetrazole rings is 1. The van der Waals surface area contributed by atoms with Crippen LogP contribution in [0.1, 0.15) is 17.2 Å². The minimum Gasteiger partial charge on any atom is -0.323 e. The van der Waals surface area contributed by atoms with Crippen LogP contribution in [-0.2, 0) is 0 Å². The van der Waals surface area contributed by atoms with Crippen LogP contribution in [0.25, 0.3) is 5.70 Å². The lowest BCUT2D eigenvalue weighted by Gasteiger charge is -2.23. The first-order chi connectivity index (χ1) is 10.4. The Hall–Kier alpha value is -2.95. The van der Waals surface area contributed by atoms with E-state index in [1.165, 1.54) is 0 Å². The maximum absolute atomic E-state index is 4.09. The van der Waals surface area contributed by atoms with Gasteiger partial charge in [0.25, 0.3) is 0 Å². The normalized spacial score (nSPS) is 16.8. The predicted octanol–water partition coefficient (Wildman–Crippen LogP) is 2.73. The molecule has 0 bridgehead atoms. The molecular formula is C16H13N5. The topological polar surface area (TPSA) is 55.6 Å². The van der Waals surface area contributed by atoms with E-state index in [1.54, 1.807) is 4.68 Å². The van der Waals surface area contributed by atoms with Gasteiger partial charge in [-0.3, -0.25) is 0 Å². The molecule has 0 saturated heterocycles. The van der Waals surface area contributed by atoms with Crippen LogP contribution in [0.15, 0.2) is 66.7 Å². The zero-order valence-corrected chi connectivity index (χ0v) is 11.2. The fourth-order valence-electron chi connectivity index (χ4n) is 2.53. The molecule has 1 aromatic heterocycles. The van der Waals surface area contributed by atoms with Crippen molar-refractivity contribution in [3.8, 4) is 0 Å². The van der Waals surface area contributed by atoms with Gasteiger partial charge >= 0.3 is 0 Å². The maximum atomic E-state index is 4.09. The first kappa shape index (κ1) is 11.8. The Balaban J connectivity index is 1.83. The standard InChI is InChI=1S/C16H13N5/c1-3-7-12(8-4-1)14-11-15(13-9-5-2-6-10-13)21-16(17-14)18-19-20-21/h1-11,15H,(H,17,18,20)/t15-/m1/s1. The van der Waals surface area contributed by atoms with E-state index in [-0.39, 0.29) is 6.04 Å². The van der Waals surface area contributed by atoms with Gasteiger partial charge in [-0.2, -0.15) is 4.68 Å². The van der Waals surface area contributed by atoms with Crippen molar-refractivity contribution in [1.82, 2.24) is 20.2 Å². The predicted molar refractivity (Wildman–Crippen MR) is 80.4 cm³/mol. The van der Waals surface area contributed by atoms with Crippen LogP contribution in [0, 0.1) is 0 Å². The first-order valence-corrected chi connectivity index (χ1v) is 6.79. The summed E-state index contributed by atoms with van der Waals surface area (Å²) in [5.74, 6) is 0.658. The molecule has 1 atom stereocenters. The van der Waals surface area contributed by atoms with E-state index in [2.05, 4.69) is 51.2 Å². The summed E-state index contributed by atoms with van der Waals surface area (Å²) in [6.45, 7) is 0. The molecule has 1 aliphatic heterocycles. The van der Waals surface area contributed by atoms with Crippen LogP contribution < -0.4 is 5.32 Å². The van der Waals surface area contributed by atoms with Crippen molar-refractivity contribution in [2.75, 3.05) is 5.32 Å². The Morgan fingerprint density at radius 1 is 0.905 bits per heavy atom. The van der Waals surface area contributed by atoms with Gasteiger partial charge in [-0.25, -0.2) is 0 Å². The molecule has 5 heteroatoms. The second kappa shape index (κ2) is 4.86. The molecule has 1 N–H and O–H groups in total. The van der Waals surface area contributed by atoms with Crippen LogP contribution >= 0.6 is 0 Å². The smallest absolute Gasteiger partial charge is 0.248 e. The highest BCUT2D eigenvalue weighted by atomic mass is 15.6. The second-order valence-corrected chi connectivity index (χ2v) is 4.87. The van der Waals surface area contributed by atoms with E-state index < -0.39 is 0 Å². The van der Waals surface area contributed by atoms with Crippen molar-refractivity contribution in [2.45, 2.75) is 6.04 Å². The molecule has 4 rings (SSSR count). The van der Waals surface area contributed by atoms with E-state index >= 15 is 0 Å². The zero-order valence-electron chi connectivity index (χ0n) is 11.2. The summed E-state index contributed by atoms with van der Waals surface area (Å²) in [6, 6.07) is 20.4. The molecule has 3 aromatic rings. The maximum Gasteiger partial charge on any atom is 0.248 e. The fraction of sp³-hybridized carbons (Fsp3) is 0.0625. The molecule has 2 heterocycles. The molecule has 102 valence electrons. The number of rotatable bonds is 2. The highest BCUT2D eigenvalue weighted by molar-refractivity contribution is 5.76. The third-order valence-electron chi connectivity index (χ3n) is 3.55. The van der Waals surface area contributed by atoms with Gasteiger partial charge in [0.05, 0.1) is 0 Å². The van der Waals surface area contributed by atoms with Crippen molar-refractivity contribution >= 4 is 11.6 Å². The van der Waals surface area contributed by atoms with Gasteiger partial charge in [0, 0.05) is 5.70 Å². The van der Waals surface area contributed by atoms with Crippen molar-refractivity contribution in [2.24, 2.45) is 0 Å². The number of benzene rings is 2. The average Bonchev–Trinajstić information content (AvgIpc) is 3.04. The molecule has 0 amide bonds. The van der Waals surface area contributed by atoms with Gasteiger partial charge in [-0.1, -0.05) is 65.8 Å². The number of hydrogen-bond donors (Lipinski definition) is 1. The van der Waals surface area contributed by atoms with Crippen LogP contribution in [-0.4, -0.2) is 20.2 Å². The summed E-state index contributed by atoms with van der Waals surface area (Å²) in [7, 11) is 0. The quantitative estimate of drug-likeness (QED) is 0.781. The minimum atomic E-state index is -0.00680. The summed E-state index contributed by atoms with van der Waals surface area (Å²) in [5.41, 5.74) is 3.29. The zero-order chi connectivity index (χ0) is 14.1. The molecule has 0 fully saturated rings. The van der Waals surface area contributed by atoms with Crippen molar-refractivity contribution < 1.29 is 0 Å². The Morgan fingerprint density at radius 2 is 1.62 bits per heavy atom. The fourth-order valence-corrected chi connectivity index (χ4v) is 2.53. The molecule has 0 spiro atoms. The lowest BCUT2D eigenvalue weighted by Crippen LogP contribution is -2.20. The van der Waals surface area contributed by atoms with Gasteiger partial charge in [0.2, 0.25) is 5.95 Å². The molecule has 2 aromatic carbocycles.